The summed E-state index contributed by atoms with van der Waals surface area (Å²) in [6.07, 6.45) is 3.51. The van der Waals surface area contributed by atoms with Crippen LogP contribution in [0.15, 0.2) is 18.2 Å². The highest BCUT2D eigenvalue weighted by Gasteiger charge is 2.20. The van der Waals surface area contributed by atoms with Crippen LogP contribution in [0.1, 0.15) is 26.2 Å². The molecule has 0 saturated carbocycles. The lowest BCUT2D eigenvalue weighted by molar-refractivity contribution is -0.118. The second-order valence-electron chi connectivity index (χ2n) is 5.10. The minimum absolute atomic E-state index is 0.0455. The number of hydrogen-bond donors (Lipinski definition) is 2. The number of nitrogens with one attached hydrogen (secondary N) is 1. The molecular weight excluding hydrogens is 245 g/mol. The highest BCUT2D eigenvalue weighted by Crippen LogP contribution is 2.18. The van der Waals surface area contributed by atoms with Crippen molar-refractivity contribution in [1.29, 1.82) is 0 Å². The third kappa shape index (κ3) is 3.67. The Hall–Kier alpha value is -1.62. The zero-order valence-corrected chi connectivity index (χ0v) is 11.2. The molecule has 4 nitrogen and oxygen atoms in total. The second-order valence-corrected chi connectivity index (χ2v) is 5.10. The molecule has 1 atom stereocenters. The molecule has 0 spiro atoms. The number of nitrogens with two attached hydrogens (primary N) is 1. The smallest absolute Gasteiger partial charge is 0.238 e. The van der Waals surface area contributed by atoms with Gasteiger partial charge in [-0.3, -0.25) is 9.69 Å². The largest absolute Gasteiger partial charge is 0.396 e. The van der Waals surface area contributed by atoms with Gasteiger partial charge in [-0.1, -0.05) is 6.42 Å². The van der Waals surface area contributed by atoms with Crippen LogP contribution < -0.4 is 11.1 Å². The molecule has 19 heavy (non-hydrogen) atoms. The standard InChI is InChI=1S/C14H20FN3O/c1-10-4-2-3-7-18(10)9-14(19)17-11-5-6-12(15)13(16)8-11/h5-6,8,10H,2-4,7,9,16H2,1H3,(H,17,19). The van der Waals surface area contributed by atoms with E-state index in [9.17, 15) is 9.18 Å². The Morgan fingerprint density at radius 2 is 2.32 bits per heavy atom. The maximum atomic E-state index is 13.0. The van der Waals surface area contributed by atoms with Crippen LogP contribution in [-0.4, -0.2) is 29.9 Å². The van der Waals surface area contributed by atoms with Crippen molar-refractivity contribution in [1.82, 2.24) is 4.90 Å². The third-order valence-corrected chi connectivity index (χ3v) is 3.57. The zero-order valence-electron chi connectivity index (χ0n) is 11.2. The van der Waals surface area contributed by atoms with Crippen molar-refractivity contribution < 1.29 is 9.18 Å². The number of anilines is 2. The van der Waals surface area contributed by atoms with Gasteiger partial charge in [0.15, 0.2) is 0 Å². The topological polar surface area (TPSA) is 58.4 Å². The second kappa shape index (κ2) is 6.02. The lowest BCUT2D eigenvalue weighted by atomic mass is 10.0. The van der Waals surface area contributed by atoms with Gasteiger partial charge in [-0.05, 0) is 44.5 Å². The summed E-state index contributed by atoms with van der Waals surface area (Å²) in [5, 5.41) is 2.75. The molecule has 0 aliphatic carbocycles. The molecule has 0 bridgehead atoms. The van der Waals surface area contributed by atoms with E-state index in [1.165, 1.54) is 24.6 Å². The van der Waals surface area contributed by atoms with E-state index in [-0.39, 0.29) is 11.6 Å². The number of halogens is 1. The first-order valence-electron chi connectivity index (χ1n) is 6.65. The van der Waals surface area contributed by atoms with Gasteiger partial charge in [0.2, 0.25) is 5.91 Å². The molecule has 1 saturated heterocycles. The summed E-state index contributed by atoms with van der Waals surface area (Å²) >= 11 is 0. The predicted molar refractivity (Wildman–Crippen MR) is 74.3 cm³/mol. The van der Waals surface area contributed by atoms with Crippen molar-refractivity contribution in [3.63, 3.8) is 0 Å². The molecule has 2 rings (SSSR count). The van der Waals surface area contributed by atoms with Gasteiger partial charge in [0.05, 0.1) is 12.2 Å². The molecule has 0 radical (unpaired) electrons. The number of rotatable bonds is 3. The Morgan fingerprint density at radius 3 is 3.00 bits per heavy atom. The van der Waals surface area contributed by atoms with Crippen molar-refractivity contribution >= 4 is 17.3 Å². The molecule has 1 heterocycles. The van der Waals surface area contributed by atoms with Gasteiger partial charge < -0.3 is 11.1 Å². The minimum atomic E-state index is -0.470. The fourth-order valence-corrected chi connectivity index (χ4v) is 2.40. The van der Waals surface area contributed by atoms with E-state index in [2.05, 4.69) is 17.1 Å². The van der Waals surface area contributed by atoms with Crippen molar-refractivity contribution in [3.05, 3.63) is 24.0 Å². The quantitative estimate of drug-likeness (QED) is 0.824. The summed E-state index contributed by atoms with van der Waals surface area (Å²) in [7, 11) is 0. The van der Waals surface area contributed by atoms with Gasteiger partial charge in [-0.25, -0.2) is 4.39 Å². The fraction of sp³-hybridized carbons (Fsp3) is 0.500. The van der Waals surface area contributed by atoms with Crippen molar-refractivity contribution in [3.8, 4) is 0 Å². The van der Waals surface area contributed by atoms with Crippen molar-refractivity contribution in [2.24, 2.45) is 0 Å². The molecule has 1 amide bonds. The summed E-state index contributed by atoms with van der Waals surface area (Å²) < 4.78 is 13.0. The first-order chi connectivity index (χ1) is 9.06. The zero-order chi connectivity index (χ0) is 13.8. The molecule has 1 fully saturated rings. The van der Waals surface area contributed by atoms with E-state index in [1.807, 2.05) is 0 Å². The predicted octanol–water partition coefficient (Wildman–Crippen LogP) is 2.22. The van der Waals surface area contributed by atoms with Crippen molar-refractivity contribution in [2.75, 3.05) is 24.1 Å². The summed E-state index contributed by atoms with van der Waals surface area (Å²) in [5.41, 5.74) is 6.05. The van der Waals surface area contributed by atoms with Gasteiger partial charge in [-0.15, -0.1) is 0 Å². The summed E-state index contributed by atoms with van der Waals surface area (Å²) in [6, 6.07) is 4.66. The maximum absolute atomic E-state index is 13.0. The number of amides is 1. The van der Waals surface area contributed by atoms with Gasteiger partial charge in [0.1, 0.15) is 5.82 Å². The fourth-order valence-electron chi connectivity index (χ4n) is 2.40. The number of nitrogen functional groups attached to an aromatic ring is 1. The molecular formula is C14H20FN3O. The molecule has 5 heteroatoms. The summed E-state index contributed by atoms with van der Waals surface area (Å²) in [6.45, 7) is 3.47. The van der Waals surface area contributed by atoms with Crippen molar-refractivity contribution in [2.45, 2.75) is 32.2 Å². The Labute approximate surface area is 112 Å². The summed E-state index contributed by atoms with van der Waals surface area (Å²) in [5.74, 6) is -0.553. The van der Waals surface area contributed by atoms with E-state index in [0.717, 1.165) is 19.4 Å². The molecule has 3 N–H and O–H groups in total. The Morgan fingerprint density at radius 1 is 1.53 bits per heavy atom. The van der Waals surface area contributed by atoms with E-state index in [4.69, 9.17) is 5.73 Å². The first-order valence-corrected chi connectivity index (χ1v) is 6.65. The monoisotopic (exact) mass is 265 g/mol. The number of nitrogens with zero attached hydrogens (tertiary/aromatic N) is 1. The van der Waals surface area contributed by atoms with Gasteiger partial charge >= 0.3 is 0 Å². The molecule has 1 aliphatic rings. The van der Waals surface area contributed by atoms with E-state index >= 15 is 0 Å². The lowest BCUT2D eigenvalue weighted by Crippen LogP contribution is -2.42. The van der Waals surface area contributed by atoms with Crippen LogP contribution in [0.2, 0.25) is 0 Å². The van der Waals surface area contributed by atoms with E-state index < -0.39 is 5.82 Å². The SMILES string of the molecule is CC1CCCCN1CC(=O)Nc1ccc(F)c(N)c1. The van der Waals surface area contributed by atoms with Gasteiger partial charge in [0, 0.05) is 11.7 Å². The average Bonchev–Trinajstić information content (AvgIpc) is 2.37. The minimum Gasteiger partial charge on any atom is -0.396 e. The van der Waals surface area contributed by atoms with E-state index in [0.29, 0.717) is 18.3 Å². The summed E-state index contributed by atoms with van der Waals surface area (Å²) in [4.78, 5) is 14.1. The van der Waals surface area contributed by atoms with Gasteiger partial charge in [0.25, 0.3) is 0 Å². The number of benzene rings is 1. The van der Waals surface area contributed by atoms with Crippen LogP contribution >= 0.6 is 0 Å². The normalized spacial score (nSPS) is 20.2. The van der Waals surface area contributed by atoms with Crippen LogP contribution in [0, 0.1) is 5.82 Å². The number of likely N-dealkylation sites (tertiary alicyclic amines) is 1. The number of carbonyl (C=O) groups is 1. The van der Waals surface area contributed by atoms with Crippen LogP contribution in [0.3, 0.4) is 0 Å². The van der Waals surface area contributed by atoms with Crippen LogP contribution in [0.5, 0.6) is 0 Å². The van der Waals surface area contributed by atoms with Crippen LogP contribution in [0.25, 0.3) is 0 Å². The van der Waals surface area contributed by atoms with Crippen LogP contribution in [-0.2, 0) is 4.79 Å². The highest BCUT2D eigenvalue weighted by molar-refractivity contribution is 5.92. The molecule has 1 aromatic carbocycles. The van der Waals surface area contributed by atoms with E-state index in [1.54, 1.807) is 0 Å². The van der Waals surface area contributed by atoms with Gasteiger partial charge in [-0.2, -0.15) is 0 Å². The molecule has 104 valence electrons. The number of carbonyl (C=O) groups excluding carboxylic acids is 1. The van der Waals surface area contributed by atoms with Crippen LogP contribution in [0.4, 0.5) is 15.8 Å². The Balaban J connectivity index is 1.91. The molecule has 1 unspecified atom stereocenters. The third-order valence-electron chi connectivity index (χ3n) is 3.57. The maximum Gasteiger partial charge on any atom is 0.238 e. The number of hydrogen-bond acceptors (Lipinski definition) is 3. The average molecular weight is 265 g/mol. The molecule has 1 aliphatic heterocycles. The first kappa shape index (κ1) is 13.8. The Kier molecular flexibility index (Phi) is 4.37. The molecule has 1 aromatic rings. The lowest BCUT2D eigenvalue weighted by Gasteiger charge is -2.32. The highest BCUT2D eigenvalue weighted by atomic mass is 19.1. The Bertz CT molecular complexity index is 464. The molecule has 0 aromatic heterocycles. The number of piperidine rings is 1.